The number of hydrogen-bond donors (Lipinski definition) is 2. The van der Waals surface area contributed by atoms with Crippen molar-refractivity contribution in [2.75, 3.05) is 11.1 Å². The third-order valence-corrected chi connectivity index (χ3v) is 1.82. The summed E-state index contributed by atoms with van der Waals surface area (Å²) in [6.45, 7) is 1.45. The highest BCUT2D eigenvalue weighted by Gasteiger charge is 2.05. The maximum absolute atomic E-state index is 10.8. The SMILES string of the molecule is CC(=O)Nc1ccc2onc(N)c2c1. The molecule has 0 spiro atoms. The number of rotatable bonds is 1. The van der Waals surface area contributed by atoms with Crippen molar-refractivity contribution in [3.63, 3.8) is 0 Å². The van der Waals surface area contributed by atoms with Crippen LogP contribution in [0.25, 0.3) is 11.0 Å². The first-order valence-electron chi connectivity index (χ1n) is 4.09. The number of nitrogen functional groups attached to an aromatic ring is 1. The minimum atomic E-state index is -0.126. The van der Waals surface area contributed by atoms with Gasteiger partial charge in [-0.15, -0.1) is 0 Å². The zero-order valence-electron chi connectivity index (χ0n) is 7.57. The molecule has 5 nitrogen and oxygen atoms in total. The topological polar surface area (TPSA) is 81.2 Å². The minimum absolute atomic E-state index is 0.126. The van der Waals surface area contributed by atoms with Crippen LogP contribution in [0.4, 0.5) is 11.5 Å². The van der Waals surface area contributed by atoms with Crippen molar-refractivity contribution >= 4 is 28.4 Å². The zero-order valence-corrected chi connectivity index (χ0v) is 7.57. The summed E-state index contributed by atoms with van der Waals surface area (Å²) in [4.78, 5) is 10.8. The van der Waals surface area contributed by atoms with Crippen LogP contribution in [0.5, 0.6) is 0 Å². The summed E-state index contributed by atoms with van der Waals surface area (Å²) in [5, 5.41) is 6.96. The summed E-state index contributed by atoms with van der Waals surface area (Å²) in [6, 6.07) is 5.17. The molecule has 72 valence electrons. The number of nitrogens with one attached hydrogen (secondary N) is 1. The van der Waals surface area contributed by atoms with Gasteiger partial charge in [-0.2, -0.15) is 0 Å². The Balaban J connectivity index is 2.49. The normalized spacial score (nSPS) is 10.4. The highest BCUT2D eigenvalue weighted by Crippen LogP contribution is 2.23. The fourth-order valence-corrected chi connectivity index (χ4v) is 1.24. The summed E-state index contributed by atoms with van der Waals surface area (Å²) in [5.74, 6) is 0.201. The highest BCUT2D eigenvalue weighted by molar-refractivity contribution is 5.94. The van der Waals surface area contributed by atoms with E-state index in [9.17, 15) is 4.79 Å². The lowest BCUT2D eigenvalue weighted by Crippen LogP contribution is -2.05. The first-order valence-corrected chi connectivity index (χ1v) is 4.09. The van der Waals surface area contributed by atoms with Crippen molar-refractivity contribution in [3.05, 3.63) is 18.2 Å². The Morgan fingerprint density at radius 3 is 3.07 bits per heavy atom. The van der Waals surface area contributed by atoms with Crippen LogP contribution in [-0.4, -0.2) is 11.1 Å². The van der Waals surface area contributed by atoms with Gasteiger partial charge in [0.1, 0.15) is 0 Å². The van der Waals surface area contributed by atoms with Crippen LogP contribution in [0.15, 0.2) is 22.7 Å². The summed E-state index contributed by atoms with van der Waals surface area (Å²) in [5.41, 5.74) is 6.85. The van der Waals surface area contributed by atoms with E-state index in [1.54, 1.807) is 18.2 Å². The van der Waals surface area contributed by atoms with E-state index in [-0.39, 0.29) is 5.91 Å². The summed E-state index contributed by atoms with van der Waals surface area (Å²) in [6.07, 6.45) is 0. The predicted octanol–water partition coefficient (Wildman–Crippen LogP) is 1.37. The molecule has 2 rings (SSSR count). The Bertz CT molecular complexity index is 490. The molecule has 1 aromatic heterocycles. The van der Waals surface area contributed by atoms with Gasteiger partial charge in [-0.3, -0.25) is 4.79 Å². The van der Waals surface area contributed by atoms with Crippen LogP contribution in [0, 0.1) is 0 Å². The molecule has 0 unspecified atom stereocenters. The molecule has 2 aromatic rings. The van der Waals surface area contributed by atoms with Gasteiger partial charge in [-0.05, 0) is 18.2 Å². The molecular weight excluding hydrogens is 182 g/mol. The molecule has 0 fully saturated rings. The number of nitrogens with zero attached hydrogens (tertiary/aromatic N) is 1. The molecule has 1 amide bonds. The maximum atomic E-state index is 10.8. The number of aromatic nitrogens is 1. The van der Waals surface area contributed by atoms with Gasteiger partial charge in [-0.1, -0.05) is 5.16 Å². The second-order valence-corrected chi connectivity index (χ2v) is 2.96. The number of amides is 1. The molecule has 14 heavy (non-hydrogen) atoms. The number of fused-ring (bicyclic) bond motifs is 1. The first-order chi connectivity index (χ1) is 6.66. The lowest BCUT2D eigenvalue weighted by Gasteiger charge is -2.00. The van der Waals surface area contributed by atoms with Crippen LogP contribution in [-0.2, 0) is 4.79 Å². The molecule has 1 heterocycles. The smallest absolute Gasteiger partial charge is 0.221 e. The van der Waals surface area contributed by atoms with Gasteiger partial charge in [0.25, 0.3) is 0 Å². The third-order valence-electron chi connectivity index (χ3n) is 1.82. The Morgan fingerprint density at radius 1 is 1.57 bits per heavy atom. The maximum Gasteiger partial charge on any atom is 0.221 e. The van der Waals surface area contributed by atoms with E-state index in [2.05, 4.69) is 10.5 Å². The fraction of sp³-hybridized carbons (Fsp3) is 0.111. The quantitative estimate of drug-likeness (QED) is 0.713. The molecule has 0 atom stereocenters. The number of carbonyl (C=O) groups excluding carboxylic acids is 1. The molecule has 0 bridgehead atoms. The van der Waals surface area contributed by atoms with Gasteiger partial charge in [0.05, 0.1) is 5.39 Å². The number of hydrogen-bond acceptors (Lipinski definition) is 4. The average Bonchev–Trinajstić information content (AvgIpc) is 2.47. The Kier molecular flexibility index (Phi) is 1.85. The van der Waals surface area contributed by atoms with E-state index in [1.165, 1.54) is 6.92 Å². The van der Waals surface area contributed by atoms with Crippen molar-refractivity contribution < 1.29 is 9.32 Å². The lowest BCUT2D eigenvalue weighted by molar-refractivity contribution is -0.114. The van der Waals surface area contributed by atoms with Crippen molar-refractivity contribution in [3.8, 4) is 0 Å². The Hall–Kier alpha value is -2.04. The zero-order chi connectivity index (χ0) is 10.1. The number of benzene rings is 1. The van der Waals surface area contributed by atoms with Crippen LogP contribution >= 0.6 is 0 Å². The van der Waals surface area contributed by atoms with E-state index in [1.807, 2.05) is 0 Å². The summed E-state index contributed by atoms with van der Waals surface area (Å²) >= 11 is 0. The molecule has 3 N–H and O–H groups in total. The summed E-state index contributed by atoms with van der Waals surface area (Å²) < 4.78 is 4.92. The third kappa shape index (κ3) is 1.39. The number of nitrogens with two attached hydrogens (primary N) is 1. The second-order valence-electron chi connectivity index (χ2n) is 2.96. The molecule has 5 heteroatoms. The molecule has 0 aliphatic rings. The molecule has 0 saturated carbocycles. The summed E-state index contributed by atoms with van der Waals surface area (Å²) in [7, 11) is 0. The van der Waals surface area contributed by atoms with Gasteiger partial charge < -0.3 is 15.6 Å². The largest absolute Gasteiger partial charge is 0.380 e. The second kappa shape index (κ2) is 3.02. The fourth-order valence-electron chi connectivity index (χ4n) is 1.24. The van der Waals surface area contributed by atoms with Gasteiger partial charge >= 0.3 is 0 Å². The van der Waals surface area contributed by atoms with E-state index in [0.717, 1.165) is 0 Å². The van der Waals surface area contributed by atoms with Crippen molar-refractivity contribution in [2.45, 2.75) is 6.92 Å². The van der Waals surface area contributed by atoms with Crippen LogP contribution in [0.1, 0.15) is 6.92 Å². The lowest BCUT2D eigenvalue weighted by atomic mass is 10.2. The minimum Gasteiger partial charge on any atom is -0.380 e. The molecule has 0 aliphatic heterocycles. The van der Waals surface area contributed by atoms with E-state index in [0.29, 0.717) is 22.5 Å². The van der Waals surface area contributed by atoms with E-state index in [4.69, 9.17) is 10.3 Å². The van der Waals surface area contributed by atoms with Crippen molar-refractivity contribution in [1.82, 2.24) is 5.16 Å². The predicted molar refractivity (Wildman–Crippen MR) is 52.7 cm³/mol. The first kappa shape index (κ1) is 8.55. The molecule has 1 aromatic carbocycles. The molecule has 0 radical (unpaired) electrons. The van der Waals surface area contributed by atoms with Crippen LogP contribution < -0.4 is 11.1 Å². The average molecular weight is 191 g/mol. The van der Waals surface area contributed by atoms with Crippen LogP contribution in [0.2, 0.25) is 0 Å². The Morgan fingerprint density at radius 2 is 2.36 bits per heavy atom. The molecule has 0 saturated heterocycles. The van der Waals surface area contributed by atoms with Crippen LogP contribution in [0.3, 0.4) is 0 Å². The van der Waals surface area contributed by atoms with Gasteiger partial charge in [0, 0.05) is 12.6 Å². The molecular formula is C9H9N3O2. The van der Waals surface area contributed by atoms with Gasteiger partial charge in [0.2, 0.25) is 5.91 Å². The van der Waals surface area contributed by atoms with Crippen molar-refractivity contribution in [1.29, 1.82) is 0 Å². The van der Waals surface area contributed by atoms with Gasteiger partial charge in [0.15, 0.2) is 11.4 Å². The monoisotopic (exact) mass is 191 g/mol. The number of carbonyl (C=O) groups is 1. The van der Waals surface area contributed by atoms with E-state index < -0.39 is 0 Å². The standard InChI is InChI=1S/C9H9N3O2/c1-5(13)11-6-2-3-8-7(4-6)9(10)12-14-8/h2-4H,1H3,(H2,10,12)(H,11,13). The number of anilines is 2. The highest BCUT2D eigenvalue weighted by atomic mass is 16.5. The molecule has 0 aliphatic carbocycles. The van der Waals surface area contributed by atoms with Gasteiger partial charge in [-0.25, -0.2) is 0 Å². The Labute approximate surface area is 79.9 Å². The van der Waals surface area contributed by atoms with Crippen molar-refractivity contribution in [2.24, 2.45) is 0 Å². The van der Waals surface area contributed by atoms with E-state index >= 15 is 0 Å².